The van der Waals surface area contributed by atoms with Crippen LogP contribution in [0.3, 0.4) is 0 Å². The van der Waals surface area contributed by atoms with Gasteiger partial charge in [0.25, 0.3) is 5.91 Å². The molecular weight excluding hydrogens is 328 g/mol. The second kappa shape index (κ2) is 6.70. The molecule has 8 nitrogen and oxygen atoms in total. The molecule has 0 spiro atoms. The Morgan fingerprint density at radius 2 is 1.84 bits per heavy atom. The van der Waals surface area contributed by atoms with Gasteiger partial charge in [0.1, 0.15) is 11.3 Å². The van der Waals surface area contributed by atoms with Crippen LogP contribution >= 0.6 is 0 Å². The molecule has 0 bridgehead atoms. The van der Waals surface area contributed by atoms with E-state index in [1.54, 1.807) is 12.1 Å². The highest BCUT2D eigenvalue weighted by molar-refractivity contribution is 5.98. The van der Waals surface area contributed by atoms with Crippen molar-refractivity contribution in [3.8, 4) is 17.2 Å². The van der Waals surface area contributed by atoms with Crippen molar-refractivity contribution in [3.63, 3.8) is 0 Å². The summed E-state index contributed by atoms with van der Waals surface area (Å²) in [6, 6.07) is 9.04. The molecule has 3 N–H and O–H groups in total. The highest BCUT2D eigenvalue weighted by Crippen LogP contribution is 2.40. The van der Waals surface area contributed by atoms with Crippen molar-refractivity contribution >= 4 is 11.9 Å². The van der Waals surface area contributed by atoms with E-state index >= 15 is 0 Å². The van der Waals surface area contributed by atoms with Crippen LogP contribution in [0.5, 0.6) is 17.2 Å². The molecule has 1 aliphatic rings. The van der Waals surface area contributed by atoms with Crippen LogP contribution in [0.25, 0.3) is 0 Å². The highest BCUT2D eigenvalue weighted by Gasteiger charge is 2.36. The molecule has 1 heterocycles. The van der Waals surface area contributed by atoms with Gasteiger partial charge in [-0.3, -0.25) is 10.2 Å². The maximum Gasteiger partial charge on any atom is 0.344 e. The topological polar surface area (TPSA) is 106 Å². The van der Waals surface area contributed by atoms with E-state index in [2.05, 4.69) is 10.9 Å². The number of rotatable bonds is 5. The molecule has 25 heavy (non-hydrogen) atoms. The molecule has 1 atom stereocenters. The number of carbonyl (C=O) groups excluding carboxylic acids is 2. The molecule has 2 aromatic rings. The zero-order valence-corrected chi connectivity index (χ0v) is 13.5. The van der Waals surface area contributed by atoms with E-state index < -0.39 is 18.1 Å². The van der Waals surface area contributed by atoms with Crippen molar-refractivity contribution in [2.24, 2.45) is 0 Å². The van der Waals surface area contributed by atoms with Gasteiger partial charge in [-0.1, -0.05) is 0 Å². The van der Waals surface area contributed by atoms with Crippen LogP contribution in [0, 0.1) is 0 Å². The van der Waals surface area contributed by atoms with Gasteiger partial charge in [-0.05, 0) is 36.4 Å². The molecule has 8 heteroatoms. The molecule has 2 aromatic carbocycles. The average molecular weight is 344 g/mol. The van der Waals surface area contributed by atoms with Gasteiger partial charge in [-0.15, -0.1) is 0 Å². The lowest BCUT2D eigenvalue weighted by atomic mass is 10.1. The standard InChI is InChI=1S/C17H16N2O6/c1-23-12-8-7-11-13(14(12)24-2)17(22)25-16(11)19-18-15(21)9-3-5-10(20)6-4-9/h3-8,16,19-20H,1-2H3,(H,18,21)/t16-/m1/s1. The van der Waals surface area contributed by atoms with E-state index in [0.717, 1.165) is 0 Å². The number of cyclic esters (lactones) is 1. The van der Waals surface area contributed by atoms with Gasteiger partial charge in [0.2, 0.25) is 0 Å². The summed E-state index contributed by atoms with van der Waals surface area (Å²) < 4.78 is 15.6. The van der Waals surface area contributed by atoms with Gasteiger partial charge in [-0.25, -0.2) is 4.79 Å². The van der Waals surface area contributed by atoms with Gasteiger partial charge in [0.05, 0.1) is 14.2 Å². The molecule has 0 saturated carbocycles. The number of carbonyl (C=O) groups is 2. The first-order valence-electron chi connectivity index (χ1n) is 7.36. The molecule has 130 valence electrons. The Morgan fingerprint density at radius 1 is 1.12 bits per heavy atom. The second-order valence-corrected chi connectivity index (χ2v) is 5.20. The average Bonchev–Trinajstić information content (AvgIpc) is 2.95. The summed E-state index contributed by atoms with van der Waals surface area (Å²) in [6.07, 6.45) is -0.858. The minimum absolute atomic E-state index is 0.0594. The van der Waals surface area contributed by atoms with Gasteiger partial charge in [0.15, 0.2) is 17.7 Å². The fraction of sp³-hybridized carbons (Fsp3) is 0.176. The molecule has 1 aliphatic heterocycles. The molecule has 3 rings (SSSR count). The summed E-state index contributed by atoms with van der Waals surface area (Å²) >= 11 is 0. The molecule has 0 radical (unpaired) electrons. The summed E-state index contributed by atoms with van der Waals surface area (Å²) in [5, 5.41) is 9.24. The SMILES string of the molecule is COc1ccc2c(c1OC)C(=O)O[C@H]2NNC(=O)c1ccc(O)cc1. The van der Waals surface area contributed by atoms with Crippen LogP contribution in [0.2, 0.25) is 0 Å². The third kappa shape index (κ3) is 3.07. The number of fused-ring (bicyclic) bond motifs is 1. The van der Waals surface area contributed by atoms with E-state index in [1.807, 2.05) is 0 Å². The number of hydrogen-bond acceptors (Lipinski definition) is 7. The summed E-state index contributed by atoms with van der Waals surface area (Å²) in [4.78, 5) is 24.2. The van der Waals surface area contributed by atoms with Crippen molar-refractivity contribution in [1.82, 2.24) is 10.9 Å². The highest BCUT2D eigenvalue weighted by atomic mass is 16.6. The first kappa shape index (κ1) is 16.6. The summed E-state index contributed by atoms with van der Waals surface area (Å²) in [5.41, 5.74) is 6.24. The smallest absolute Gasteiger partial charge is 0.344 e. The maximum absolute atomic E-state index is 12.1. The van der Waals surface area contributed by atoms with E-state index in [4.69, 9.17) is 14.2 Å². The zero-order chi connectivity index (χ0) is 18.0. The van der Waals surface area contributed by atoms with Crippen LogP contribution in [0.15, 0.2) is 36.4 Å². The van der Waals surface area contributed by atoms with Crippen molar-refractivity contribution < 1.29 is 28.9 Å². The van der Waals surface area contributed by atoms with E-state index in [-0.39, 0.29) is 17.1 Å². The fourth-order valence-electron chi connectivity index (χ4n) is 2.52. The Balaban J connectivity index is 1.77. The molecule has 1 amide bonds. The molecule has 0 unspecified atom stereocenters. The lowest BCUT2D eigenvalue weighted by Crippen LogP contribution is -2.40. The second-order valence-electron chi connectivity index (χ2n) is 5.20. The number of nitrogens with one attached hydrogen (secondary N) is 2. The number of phenols is 1. The number of hydrazine groups is 1. The van der Waals surface area contributed by atoms with Gasteiger partial charge >= 0.3 is 5.97 Å². The number of benzene rings is 2. The van der Waals surface area contributed by atoms with E-state index in [0.29, 0.717) is 16.9 Å². The Bertz CT molecular complexity index is 819. The fourth-order valence-corrected chi connectivity index (χ4v) is 2.52. The number of esters is 1. The number of phenolic OH excluding ortho intramolecular Hbond substituents is 1. The predicted octanol–water partition coefficient (Wildman–Crippen LogP) is 1.51. The first-order valence-corrected chi connectivity index (χ1v) is 7.36. The lowest BCUT2D eigenvalue weighted by Gasteiger charge is -2.14. The largest absolute Gasteiger partial charge is 0.508 e. The normalized spacial score (nSPS) is 15.3. The summed E-state index contributed by atoms with van der Waals surface area (Å²) in [7, 11) is 2.90. The van der Waals surface area contributed by atoms with Crippen LogP contribution in [-0.2, 0) is 4.74 Å². The monoisotopic (exact) mass is 344 g/mol. The minimum atomic E-state index is -0.858. The van der Waals surface area contributed by atoms with Crippen LogP contribution in [0.1, 0.15) is 32.5 Å². The van der Waals surface area contributed by atoms with Gasteiger partial charge in [0, 0.05) is 11.1 Å². The van der Waals surface area contributed by atoms with E-state index in [1.165, 1.54) is 38.5 Å². The van der Waals surface area contributed by atoms with Crippen molar-refractivity contribution in [1.29, 1.82) is 0 Å². The number of amides is 1. The van der Waals surface area contributed by atoms with Crippen LogP contribution in [-0.4, -0.2) is 31.2 Å². The summed E-state index contributed by atoms with van der Waals surface area (Å²) in [5.74, 6) is -0.276. The predicted molar refractivity (Wildman–Crippen MR) is 86.4 cm³/mol. The number of ether oxygens (including phenoxy) is 3. The molecule has 0 saturated heterocycles. The van der Waals surface area contributed by atoms with Crippen LogP contribution in [0.4, 0.5) is 0 Å². The van der Waals surface area contributed by atoms with Gasteiger partial charge < -0.3 is 19.3 Å². The molecule has 0 fully saturated rings. The third-order valence-corrected chi connectivity index (χ3v) is 3.74. The lowest BCUT2D eigenvalue weighted by molar-refractivity contribution is 0.0260. The molecule has 0 aromatic heterocycles. The van der Waals surface area contributed by atoms with Gasteiger partial charge in [-0.2, -0.15) is 5.43 Å². The minimum Gasteiger partial charge on any atom is -0.508 e. The Labute approximate surface area is 143 Å². The maximum atomic E-state index is 12.1. The third-order valence-electron chi connectivity index (χ3n) is 3.74. The number of hydrogen-bond donors (Lipinski definition) is 3. The zero-order valence-electron chi connectivity index (χ0n) is 13.5. The van der Waals surface area contributed by atoms with Crippen molar-refractivity contribution in [2.75, 3.05) is 14.2 Å². The Hall–Kier alpha value is -3.26. The number of aromatic hydroxyl groups is 1. The Morgan fingerprint density at radius 3 is 2.48 bits per heavy atom. The Kier molecular flexibility index (Phi) is 4.44. The van der Waals surface area contributed by atoms with Crippen molar-refractivity contribution in [3.05, 3.63) is 53.1 Å². The van der Waals surface area contributed by atoms with Crippen LogP contribution < -0.4 is 20.3 Å². The first-order chi connectivity index (χ1) is 12.0. The van der Waals surface area contributed by atoms with E-state index in [9.17, 15) is 14.7 Å². The number of methoxy groups -OCH3 is 2. The molecular formula is C17H16N2O6. The quantitative estimate of drug-likeness (QED) is 0.558. The molecule has 0 aliphatic carbocycles. The van der Waals surface area contributed by atoms with Crippen molar-refractivity contribution in [2.45, 2.75) is 6.23 Å². The summed E-state index contributed by atoms with van der Waals surface area (Å²) in [6.45, 7) is 0.